The molecule has 0 spiro atoms. The molecule has 2 rings (SSSR count). The summed E-state index contributed by atoms with van der Waals surface area (Å²) in [6.07, 6.45) is -1.02. The molecule has 0 heterocycles. The van der Waals surface area contributed by atoms with Crippen LogP contribution in [-0.2, 0) is 14.3 Å². The number of benzene rings is 2. The average molecular weight is 472 g/mol. The van der Waals surface area contributed by atoms with Gasteiger partial charge in [-0.1, -0.05) is 0 Å². The van der Waals surface area contributed by atoms with E-state index in [0.717, 1.165) is 17.0 Å². The van der Waals surface area contributed by atoms with Crippen LogP contribution >= 0.6 is 15.9 Å². The van der Waals surface area contributed by atoms with E-state index in [4.69, 9.17) is 0 Å². The molecule has 0 atom stereocenters. The van der Waals surface area contributed by atoms with E-state index in [-0.39, 0.29) is 20.5 Å². The Morgan fingerprint density at radius 3 is 2.14 bits per heavy atom. The molecule has 0 radical (unpaired) electrons. The van der Waals surface area contributed by atoms with Crippen LogP contribution in [-0.4, -0.2) is 37.8 Å². The van der Waals surface area contributed by atoms with Crippen molar-refractivity contribution in [1.29, 1.82) is 0 Å². The summed E-state index contributed by atoms with van der Waals surface area (Å²) >= 11 is 3.17. The third-order valence-electron chi connectivity index (χ3n) is 4.04. The molecule has 0 N–H and O–H groups in total. The van der Waals surface area contributed by atoms with Crippen LogP contribution in [0.25, 0.3) is 0 Å². The van der Waals surface area contributed by atoms with E-state index in [0.29, 0.717) is 0 Å². The van der Waals surface area contributed by atoms with Crippen LogP contribution in [0.1, 0.15) is 36.7 Å². The first kappa shape index (κ1) is 22.0. The van der Waals surface area contributed by atoms with Gasteiger partial charge in [-0.15, -0.1) is 0 Å². The van der Waals surface area contributed by atoms with E-state index in [1.54, 1.807) is 20.8 Å². The van der Waals surface area contributed by atoms with Crippen LogP contribution in [0.4, 0.5) is 9.18 Å². The van der Waals surface area contributed by atoms with Gasteiger partial charge in [-0.05, 0) is 79.2 Å². The molecule has 0 unspecified atom stereocenters. The van der Waals surface area contributed by atoms with E-state index in [1.807, 2.05) is 0 Å². The molecule has 0 aliphatic rings. The highest BCUT2D eigenvalue weighted by atomic mass is 79.9. The van der Waals surface area contributed by atoms with Crippen molar-refractivity contribution in [3.63, 3.8) is 0 Å². The molecule has 9 heteroatoms. The second-order valence-electron chi connectivity index (χ2n) is 7.01. The minimum Gasteiger partial charge on any atom is -0.324 e. The summed E-state index contributed by atoms with van der Waals surface area (Å²) in [5, 5.41) is 0. The Hall–Kier alpha value is -2.26. The monoisotopic (exact) mass is 471 g/mol. The molecular weight excluding hydrogens is 453 g/mol. The Bertz CT molecular complexity index is 1010. The van der Waals surface area contributed by atoms with Gasteiger partial charge in [-0.25, -0.2) is 9.18 Å². The zero-order valence-electron chi connectivity index (χ0n) is 15.7. The fraction of sp³-hybridized carbons (Fsp3) is 0.263. The van der Waals surface area contributed by atoms with Crippen LogP contribution in [0.15, 0.2) is 51.8 Å². The first-order chi connectivity index (χ1) is 12.8. The SMILES string of the molecule is CN(C(=O)OS(=O)(=O)c1ccc(C(=O)c2ccc(F)cc2)c(Br)c1)C(C)(C)C. The second kappa shape index (κ2) is 8.00. The van der Waals surface area contributed by atoms with Gasteiger partial charge in [0.2, 0.25) is 0 Å². The van der Waals surface area contributed by atoms with Gasteiger partial charge in [-0.2, -0.15) is 8.42 Å². The number of amides is 1. The largest absolute Gasteiger partial charge is 0.425 e. The van der Waals surface area contributed by atoms with Crippen LogP contribution in [0, 0.1) is 5.82 Å². The minimum absolute atomic E-state index is 0.184. The van der Waals surface area contributed by atoms with E-state index >= 15 is 0 Å². The molecule has 2 aromatic carbocycles. The molecule has 2 aromatic rings. The van der Waals surface area contributed by atoms with Crippen molar-refractivity contribution in [3.8, 4) is 0 Å². The van der Waals surface area contributed by atoms with E-state index < -0.39 is 33.4 Å². The Balaban J connectivity index is 2.29. The maximum atomic E-state index is 13.0. The highest BCUT2D eigenvalue weighted by Gasteiger charge is 2.29. The standard InChI is InChI=1S/C19H19BrFNO5S/c1-19(2,3)22(4)18(24)27-28(25,26)14-9-10-15(16(20)11-14)17(23)12-5-7-13(21)8-6-12/h5-11H,1-4H3. The molecule has 28 heavy (non-hydrogen) atoms. The first-order valence-corrected chi connectivity index (χ1v) is 10.3. The lowest BCUT2D eigenvalue weighted by Gasteiger charge is -2.30. The van der Waals surface area contributed by atoms with E-state index in [1.165, 1.54) is 37.4 Å². The fourth-order valence-electron chi connectivity index (χ4n) is 2.06. The lowest BCUT2D eigenvalue weighted by molar-refractivity contribution is 0.103. The molecule has 0 aliphatic carbocycles. The highest BCUT2D eigenvalue weighted by Crippen LogP contribution is 2.26. The number of hydrogen-bond acceptors (Lipinski definition) is 5. The Labute approximate surface area is 171 Å². The van der Waals surface area contributed by atoms with Gasteiger partial charge in [-0.3, -0.25) is 4.79 Å². The van der Waals surface area contributed by atoms with Gasteiger partial charge >= 0.3 is 16.2 Å². The van der Waals surface area contributed by atoms with Crippen molar-refractivity contribution in [3.05, 3.63) is 63.9 Å². The van der Waals surface area contributed by atoms with E-state index in [9.17, 15) is 22.4 Å². The zero-order valence-corrected chi connectivity index (χ0v) is 18.1. The molecule has 150 valence electrons. The summed E-state index contributed by atoms with van der Waals surface area (Å²) in [7, 11) is -2.95. The predicted octanol–water partition coefficient (Wildman–Crippen LogP) is 4.37. The molecular formula is C19H19BrFNO5S. The van der Waals surface area contributed by atoms with Gasteiger partial charge in [0.1, 0.15) is 10.7 Å². The zero-order chi connectivity index (χ0) is 21.3. The number of rotatable bonds is 4. The quantitative estimate of drug-likeness (QED) is 0.488. The number of carbonyl (C=O) groups is 2. The Morgan fingerprint density at radius 1 is 1.07 bits per heavy atom. The summed E-state index contributed by atoms with van der Waals surface area (Å²) in [5.41, 5.74) is -0.196. The van der Waals surface area contributed by atoms with Crippen molar-refractivity contribution in [2.24, 2.45) is 0 Å². The molecule has 0 bridgehead atoms. The van der Waals surface area contributed by atoms with Gasteiger partial charge in [0.15, 0.2) is 5.78 Å². The van der Waals surface area contributed by atoms with Crippen LogP contribution in [0.5, 0.6) is 0 Å². The van der Waals surface area contributed by atoms with E-state index in [2.05, 4.69) is 20.1 Å². The summed E-state index contributed by atoms with van der Waals surface area (Å²) in [5.74, 6) is -0.889. The summed E-state index contributed by atoms with van der Waals surface area (Å²) in [4.78, 5) is 25.5. The van der Waals surface area contributed by atoms with Crippen molar-refractivity contribution in [2.75, 3.05) is 7.05 Å². The highest BCUT2D eigenvalue weighted by molar-refractivity contribution is 9.10. The third kappa shape index (κ3) is 4.96. The minimum atomic E-state index is -4.38. The van der Waals surface area contributed by atoms with Crippen LogP contribution in [0.2, 0.25) is 0 Å². The maximum Gasteiger partial charge on any atom is 0.425 e. The first-order valence-electron chi connectivity index (χ1n) is 8.15. The topological polar surface area (TPSA) is 80.8 Å². The molecule has 6 nitrogen and oxygen atoms in total. The summed E-state index contributed by atoms with van der Waals surface area (Å²) < 4.78 is 42.7. The number of carbonyl (C=O) groups excluding carboxylic acids is 2. The van der Waals surface area contributed by atoms with Gasteiger partial charge in [0.05, 0.1) is 0 Å². The lowest BCUT2D eigenvalue weighted by atomic mass is 10.0. The third-order valence-corrected chi connectivity index (χ3v) is 5.89. The maximum absolute atomic E-state index is 13.0. The fourth-order valence-corrected chi connectivity index (χ4v) is 3.67. The predicted molar refractivity (Wildman–Crippen MR) is 105 cm³/mol. The molecule has 0 fully saturated rings. The number of hydrogen-bond donors (Lipinski definition) is 0. The Kier molecular flexibility index (Phi) is 6.30. The summed E-state index contributed by atoms with van der Waals surface area (Å²) in [6, 6.07) is 8.62. The summed E-state index contributed by atoms with van der Waals surface area (Å²) in [6.45, 7) is 5.19. The molecule has 0 aliphatic heterocycles. The molecule has 1 amide bonds. The number of ketones is 1. The average Bonchev–Trinajstić information content (AvgIpc) is 2.59. The van der Waals surface area contributed by atoms with Crippen molar-refractivity contribution >= 4 is 37.9 Å². The smallest absolute Gasteiger partial charge is 0.324 e. The second-order valence-corrected chi connectivity index (χ2v) is 9.41. The number of halogens is 2. The van der Waals surface area contributed by atoms with Crippen LogP contribution < -0.4 is 0 Å². The molecule has 0 aromatic heterocycles. The van der Waals surface area contributed by atoms with Gasteiger partial charge < -0.3 is 9.08 Å². The Morgan fingerprint density at radius 2 is 1.64 bits per heavy atom. The van der Waals surface area contributed by atoms with Crippen molar-refractivity contribution in [2.45, 2.75) is 31.2 Å². The normalized spacial score (nSPS) is 11.8. The molecule has 0 saturated heterocycles. The molecule has 0 saturated carbocycles. The van der Waals surface area contributed by atoms with Gasteiger partial charge in [0, 0.05) is 28.2 Å². The van der Waals surface area contributed by atoms with Crippen LogP contribution in [0.3, 0.4) is 0 Å². The van der Waals surface area contributed by atoms with Gasteiger partial charge in [0.25, 0.3) is 0 Å². The van der Waals surface area contributed by atoms with Crippen molar-refractivity contribution in [1.82, 2.24) is 4.90 Å². The van der Waals surface area contributed by atoms with Crippen molar-refractivity contribution < 1.29 is 26.6 Å². The number of nitrogens with zero attached hydrogens (tertiary/aromatic N) is 1. The lowest BCUT2D eigenvalue weighted by Crippen LogP contribution is -2.43.